The van der Waals surface area contributed by atoms with Gasteiger partial charge in [0.25, 0.3) is 15.9 Å². The van der Waals surface area contributed by atoms with Crippen LogP contribution in [0, 0.1) is 11.8 Å². The molecule has 2 aromatic heterocycles. The molecule has 0 aliphatic carbocycles. The summed E-state index contributed by atoms with van der Waals surface area (Å²) in [6.07, 6.45) is 4.48. The molecule has 2 saturated heterocycles. The molecule has 2 fully saturated rings. The molecule has 0 saturated carbocycles. The summed E-state index contributed by atoms with van der Waals surface area (Å²) in [6.45, 7) is 13.1. The van der Waals surface area contributed by atoms with Crippen LogP contribution in [0.4, 0.5) is 11.6 Å². The number of nitrogens with zero attached hydrogens (tertiary/aromatic N) is 5. The molecule has 0 spiro atoms. The van der Waals surface area contributed by atoms with Crippen molar-refractivity contribution in [3.05, 3.63) is 41.6 Å². The first-order chi connectivity index (χ1) is 21.0. The summed E-state index contributed by atoms with van der Waals surface area (Å²) >= 11 is 0. The number of likely N-dealkylation sites (tertiary alicyclic amines) is 1. The number of piperidine rings is 1. The molecule has 2 aromatic rings. The molecule has 2 atom stereocenters. The number of hydrogen-bond acceptors (Lipinski definition) is 9. The topological polar surface area (TPSA) is 128 Å². The molecule has 5 heterocycles. The fraction of sp³-hybridized carbons (Fsp3) is 0.636. The average molecular weight is 676 g/mol. The molecule has 254 valence electrons. The van der Waals surface area contributed by atoms with Crippen LogP contribution in [0.3, 0.4) is 0 Å². The highest BCUT2D eigenvalue weighted by atomic mass is 35.5. The van der Waals surface area contributed by atoms with E-state index < -0.39 is 15.9 Å². The van der Waals surface area contributed by atoms with Gasteiger partial charge in [-0.3, -0.25) is 9.59 Å². The van der Waals surface area contributed by atoms with E-state index in [4.69, 9.17) is 4.98 Å². The Morgan fingerprint density at radius 1 is 1.04 bits per heavy atom. The number of sulfonamides is 1. The van der Waals surface area contributed by atoms with Crippen molar-refractivity contribution in [1.29, 1.82) is 0 Å². The number of anilines is 2. The van der Waals surface area contributed by atoms with Crippen LogP contribution in [0.25, 0.3) is 0 Å². The molecule has 11 nitrogen and oxygen atoms in total. The summed E-state index contributed by atoms with van der Waals surface area (Å²) in [4.78, 5) is 41.9. The van der Waals surface area contributed by atoms with Crippen LogP contribution >= 0.6 is 12.4 Å². The Bertz CT molecular complexity index is 1530. The van der Waals surface area contributed by atoms with Gasteiger partial charge < -0.3 is 20.0 Å². The van der Waals surface area contributed by atoms with E-state index in [1.165, 1.54) is 6.07 Å². The molecule has 2 N–H and O–H groups in total. The van der Waals surface area contributed by atoms with Crippen molar-refractivity contribution in [2.24, 2.45) is 11.8 Å². The van der Waals surface area contributed by atoms with Gasteiger partial charge in [0.2, 0.25) is 5.91 Å². The molecule has 3 aliphatic heterocycles. The molecule has 2 amide bonds. The monoisotopic (exact) mass is 675 g/mol. The van der Waals surface area contributed by atoms with E-state index in [-0.39, 0.29) is 45.9 Å². The first-order valence-electron chi connectivity index (χ1n) is 16.1. The lowest BCUT2D eigenvalue weighted by molar-refractivity contribution is -0.133. The number of carbonyl (C=O) groups is 2. The highest BCUT2D eigenvalue weighted by Gasteiger charge is 2.42. The van der Waals surface area contributed by atoms with Crippen molar-refractivity contribution in [1.82, 2.24) is 24.5 Å². The highest BCUT2D eigenvalue weighted by molar-refractivity contribution is 7.90. The number of aromatic nitrogens is 2. The Kier molecular flexibility index (Phi) is 10.6. The number of hydrogen-bond donors (Lipinski definition) is 2. The second kappa shape index (κ2) is 13.6. The van der Waals surface area contributed by atoms with E-state index in [9.17, 15) is 18.0 Å². The third-order valence-electron chi connectivity index (χ3n) is 9.46. The molecule has 0 radical (unpaired) electrons. The number of nitrogens with one attached hydrogen (secondary N) is 2. The molecule has 13 heteroatoms. The minimum Gasteiger partial charge on any atom is -0.367 e. The zero-order valence-electron chi connectivity index (χ0n) is 28.2. The van der Waals surface area contributed by atoms with Gasteiger partial charge in [-0.25, -0.2) is 14.7 Å². The fourth-order valence-corrected chi connectivity index (χ4v) is 7.96. The van der Waals surface area contributed by atoms with Crippen molar-refractivity contribution in [2.75, 3.05) is 50.5 Å². The van der Waals surface area contributed by atoms with E-state index in [0.29, 0.717) is 43.1 Å². The van der Waals surface area contributed by atoms with Gasteiger partial charge >= 0.3 is 0 Å². The van der Waals surface area contributed by atoms with Crippen molar-refractivity contribution in [2.45, 2.75) is 88.7 Å². The molecule has 5 rings (SSSR count). The van der Waals surface area contributed by atoms with Crippen LogP contribution in [0.1, 0.15) is 82.8 Å². The Labute approximate surface area is 280 Å². The number of fused-ring (bicyclic) bond motifs is 6. The van der Waals surface area contributed by atoms with Crippen molar-refractivity contribution in [3.8, 4) is 0 Å². The third-order valence-corrected chi connectivity index (χ3v) is 10.7. The van der Waals surface area contributed by atoms with Crippen LogP contribution in [0.2, 0.25) is 0 Å². The summed E-state index contributed by atoms with van der Waals surface area (Å²) in [5.41, 5.74) is 0.529. The highest BCUT2D eigenvalue weighted by Crippen LogP contribution is 2.41. The van der Waals surface area contributed by atoms with Gasteiger partial charge in [-0.05, 0) is 96.1 Å². The van der Waals surface area contributed by atoms with E-state index in [1.54, 1.807) is 18.2 Å². The lowest BCUT2D eigenvalue weighted by Gasteiger charge is -2.37. The molecule has 0 aromatic carbocycles. The van der Waals surface area contributed by atoms with Crippen molar-refractivity contribution < 1.29 is 18.0 Å². The number of pyridine rings is 2. The zero-order valence-corrected chi connectivity index (χ0v) is 29.8. The quantitative estimate of drug-likeness (QED) is 0.490. The maximum Gasteiger partial charge on any atom is 0.281 e. The lowest BCUT2D eigenvalue weighted by Crippen LogP contribution is -2.45. The average Bonchev–Trinajstić information content (AvgIpc) is 3.27. The van der Waals surface area contributed by atoms with E-state index in [1.807, 2.05) is 30.0 Å². The first kappa shape index (κ1) is 35.9. The first-order valence-corrected chi connectivity index (χ1v) is 17.5. The summed E-state index contributed by atoms with van der Waals surface area (Å²) in [5.74, 6) is 1.06. The Balaban J connectivity index is 0.00000480. The Hall–Kier alpha value is -2.96. The van der Waals surface area contributed by atoms with Gasteiger partial charge in [0.05, 0.1) is 12.1 Å². The number of likely N-dealkylation sites (N-methyl/N-ethyl adjacent to an activating group) is 1. The van der Waals surface area contributed by atoms with Crippen molar-refractivity contribution in [3.63, 3.8) is 0 Å². The number of carbonyl (C=O) groups excluding carboxylic acids is 2. The molecule has 1 unspecified atom stereocenters. The van der Waals surface area contributed by atoms with E-state index >= 15 is 0 Å². The van der Waals surface area contributed by atoms with E-state index in [2.05, 4.69) is 54.5 Å². The van der Waals surface area contributed by atoms with Gasteiger partial charge in [-0.2, -0.15) is 8.42 Å². The van der Waals surface area contributed by atoms with Crippen LogP contribution in [-0.2, 0) is 20.2 Å². The van der Waals surface area contributed by atoms with Crippen LogP contribution < -0.4 is 14.9 Å². The minimum atomic E-state index is -4.27. The Morgan fingerprint density at radius 3 is 2.39 bits per heavy atom. The van der Waals surface area contributed by atoms with Crippen LogP contribution in [-0.4, -0.2) is 91.9 Å². The largest absolute Gasteiger partial charge is 0.367 e. The summed E-state index contributed by atoms with van der Waals surface area (Å²) in [5, 5.41) is 3.36. The summed E-state index contributed by atoms with van der Waals surface area (Å²) in [6, 6.07) is 8.39. The molecule has 3 aliphatic rings. The number of halogens is 1. The van der Waals surface area contributed by atoms with Crippen LogP contribution in [0.5, 0.6) is 0 Å². The molecule has 46 heavy (non-hydrogen) atoms. The van der Waals surface area contributed by atoms with Gasteiger partial charge in [0, 0.05) is 42.3 Å². The maximum absolute atomic E-state index is 13.7. The van der Waals surface area contributed by atoms with E-state index in [0.717, 1.165) is 44.3 Å². The predicted octanol–water partition coefficient (Wildman–Crippen LogP) is 4.29. The smallest absolute Gasteiger partial charge is 0.281 e. The fourth-order valence-electron chi connectivity index (χ4n) is 7.03. The molecular formula is C33H50ClN7O4S. The van der Waals surface area contributed by atoms with Gasteiger partial charge in [0.15, 0.2) is 5.03 Å². The van der Waals surface area contributed by atoms with Gasteiger partial charge in [-0.15, -0.1) is 12.4 Å². The normalized spacial score (nSPS) is 23.3. The second-order valence-corrected chi connectivity index (χ2v) is 16.5. The van der Waals surface area contributed by atoms with Crippen molar-refractivity contribution >= 4 is 45.9 Å². The standard InChI is InChI=1S/C33H49N7O4S.ClH/c1-32(2,3)26-14-12-24-30(35-26)40-20-22(19-33(40,4)5)11-13-25(23-15-17-39(18-16-23)29(41)21-38(6)7)34-27-9-8-10-28(36-27)45(43,44)37-31(24)42;/h8-10,12,14,22-23,25H,11,13,15-21H2,1-7H3,(H,34,36)(H,37,42);1H/t22-,25?;/m0./s1. The summed E-state index contributed by atoms with van der Waals surface area (Å²) in [7, 11) is -0.457. The molecular weight excluding hydrogens is 626 g/mol. The lowest BCUT2D eigenvalue weighted by atomic mass is 9.84. The second-order valence-electron chi connectivity index (χ2n) is 14.9. The summed E-state index contributed by atoms with van der Waals surface area (Å²) < 4.78 is 29.3. The third kappa shape index (κ3) is 7.94. The maximum atomic E-state index is 13.7. The van der Waals surface area contributed by atoms with Gasteiger partial charge in [-0.1, -0.05) is 26.8 Å². The number of rotatable bonds is 3. The number of amides is 2. The minimum absolute atomic E-state index is 0. The van der Waals surface area contributed by atoms with Crippen LogP contribution in [0.15, 0.2) is 35.4 Å². The molecule has 4 bridgehead atoms. The zero-order chi connectivity index (χ0) is 32.7. The predicted molar refractivity (Wildman–Crippen MR) is 183 cm³/mol. The van der Waals surface area contributed by atoms with Gasteiger partial charge in [0.1, 0.15) is 11.6 Å². The SMILES string of the molecule is CN(C)CC(=O)N1CCC(C2CC[C@@H]3CN(c4nc(C(C)(C)C)ccc4C(=O)NS(=O)(=O)c4cccc(n4)N2)C(C)(C)C3)CC1.Cl. The Morgan fingerprint density at radius 2 is 1.74 bits per heavy atom.